The average molecular weight is 444 g/mol. The third kappa shape index (κ3) is 4.75. The van der Waals surface area contributed by atoms with E-state index in [1.165, 1.54) is 11.1 Å². The summed E-state index contributed by atoms with van der Waals surface area (Å²) in [6.07, 6.45) is 4.69. The van der Waals surface area contributed by atoms with E-state index in [-0.39, 0.29) is 0 Å². The molecule has 2 aromatic heterocycles. The normalized spacial score (nSPS) is 12.2. The molecule has 4 rings (SSSR count). The second-order valence-corrected chi connectivity index (χ2v) is 8.53. The summed E-state index contributed by atoms with van der Waals surface area (Å²) in [5, 5.41) is 11.3. The molecule has 0 aliphatic carbocycles. The van der Waals surface area contributed by atoms with Crippen LogP contribution < -0.4 is 10.5 Å². The highest BCUT2D eigenvalue weighted by Gasteiger charge is 2.17. The fourth-order valence-electron chi connectivity index (χ4n) is 4.31. The van der Waals surface area contributed by atoms with E-state index >= 15 is 0 Å². The molecule has 0 bridgehead atoms. The maximum absolute atomic E-state index is 11.4. The number of hydrogen-bond donors (Lipinski definition) is 2. The Labute approximate surface area is 193 Å². The number of aliphatic carboxylic acids is 1. The highest BCUT2D eigenvalue weighted by atomic mass is 16.5. The molecule has 6 nitrogen and oxygen atoms in total. The van der Waals surface area contributed by atoms with E-state index in [1.807, 2.05) is 37.4 Å². The Morgan fingerprint density at radius 3 is 2.61 bits per heavy atom. The molecule has 0 fully saturated rings. The molecule has 2 aromatic carbocycles. The largest absolute Gasteiger partial charge is 0.497 e. The van der Waals surface area contributed by atoms with Crippen molar-refractivity contribution in [3.8, 4) is 5.75 Å². The van der Waals surface area contributed by atoms with E-state index < -0.39 is 11.9 Å². The summed E-state index contributed by atoms with van der Waals surface area (Å²) in [7, 11) is 1.68. The van der Waals surface area contributed by atoms with Crippen molar-refractivity contribution in [2.75, 3.05) is 12.8 Å². The first-order valence-corrected chi connectivity index (χ1v) is 11.2. The molecule has 3 N–H and O–H groups in total. The third-order valence-electron chi connectivity index (χ3n) is 6.34. The van der Waals surface area contributed by atoms with E-state index in [4.69, 9.17) is 10.5 Å². The number of fused-ring (bicyclic) bond motifs is 3. The number of ether oxygens (including phenoxy) is 1. The lowest BCUT2D eigenvalue weighted by molar-refractivity contribution is -0.141. The van der Waals surface area contributed by atoms with Crippen LogP contribution in [-0.2, 0) is 24.1 Å². The SMILES string of the molecule is CCC(Cc1ccc2c(c1)nc(N)c1ncc(CCc3ccc(OC)cc3C)cc12)C(=O)O. The van der Waals surface area contributed by atoms with Crippen molar-refractivity contribution >= 4 is 33.6 Å². The summed E-state index contributed by atoms with van der Waals surface area (Å²) in [4.78, 5) is 20.6. The van der Waals surface area contributed by atoms with Crippen LogP contribution in [-0.4, -0.2) is 28.2 Å². The highest BCUT2D eigenvalue weighted by molar-refractivity contribution is 6.08. The van der Waals surface area contributed by atoms with Gasteiger partial charge in [-0.1, -0.05) is 25.1 Å². The molecular weight excluding hydrogens is 414 g/mol. The van der Waals surface area contributed by atoms with E-state index in [0.717, 1.165) is 46.0 Å². The summed E-state index contributed by atoms with van der Waals surface area (Å²) in [6.45, 7) is 3.99. The second-order valence-electron chi connectivity index (χ2n) is 8.53. The van der Waals surface area contributed by atoms with Gasteiger partial charge in [-0.3, -0.25) is 9.78 Å². The van der Waals surface area contributed by atoms with Crippen LogP contribution in [0.4, 0.5) is 5.82 Å². The van der Waals surface area contributed by atoms with Gasteiger partial charge in [0, 0.05) is 17.0 Å². The lowest BCUT2D eigenvalue weighted by Crippen LogP contribution is -2.15. The van der Waals surface area contributed by atoms with Crippen molar-refractivity contribution in [2.45, 2.75) is 39.5 Å². The first kappa shape index (κ1) is 22.5. The monoisotopic (exact) mass is 443 g/mol. The Hall–Kier alpha value is -3.67. The fourth-order valence-corrected chi connectivity index (χ4v) is 4.31. The summed E-state index contributed by atoms with van der Waals surface area (Å²) in [5.41, 5.74) is 12.3. The van der Waals surface area contributed by atoms with Gasteiger partial charge in [0.05, 0.1) is 18.5 Å². The number of carboxylic acid groups (broad SMARTS) is 1. The zero-order valence-electron chi connectivity index (χ0n) is 19.3. The lowest BCUT2D eigenvalue weighted by Gasteiger charge is -2.12. The van der Waals surface area contributed by atoms with Crippen LogP contribution in [0, 0.1) is 12.8 Å². The minimum Gasteiger partial charge on any atom is -0.497 e. The van der Waals surface area contributed by atoms with Crippen molar-refractivity contribution in [3.05, 3.63) is 70.9 Å². The fraction of sp³-hybridized carbons (Fsp3) is 0.296. The van der Waals surface area contributed by atoms with Crippen LogP contribution in [0.15, 0.2) is 48.7 Å². The molecule has 2 heterocycles. The summed E-state index contributed by atoms with van der Waals surface area (Å²) >= 11 is 0. The van der Waals surface area contributed by atoms with Crippen LogP contribution in [0.1, 0.15) is 35.6 Å². The predicted octanol–water partition coefficient (Wildman–Crippen LogP) is 5.12. The molecule has 170 valence electrons. The first-order chi connectivity index (χ1) is 15.9. The summed E-state index contributed by atoms with van der Waals surface area (Å²) in [6, 6.07) is 14.2. The smallest absolute Gasteiger partial charge is 0.306 e. The van der Waals surface area contributed by atoms with Gasteiger partial charge >= 0.3 is 5.97 Å². The zero-order valence-corrected chi connectivity index (χ0v) is 19.3. The number of aromatic nitrogens is 2. The molecular formula is C27H29N3O3. The van der Waals surface area contributed by atoms with Crippen LogP contribution in [0.5, 0.6) is 5.75 Å². The molecule has 0 amide bonds. The van der Waals surface area contributed by atoms with Gasteiger partial charge in [0.15, 0.2) is 5.82 Å². The summed E-state index contributed by atoms with van der Waals surface area (Å²) < 4.78 is 5.30. The van der Waals surface area contributed by atoms with Crippen LogP contribution >= 0.6 is 0 Å². The number of carboxylic acids is 1. The zero-order chi connectivity index (χ0) is 23.5. The molecule has 0 spiro atoms. The Balaban J connectivity index is 1.65. The lowest BCUT2D eigenvalue weighted by atomic mass is 9.95. The average Bonchev–Trinajstić information content (AvgIpc) is 2.81. The second kappa shape index (κ2) is 9.45. The van der Waals surface area contributed by atoms with Gasteiger partial charge in [-0.25, -0.2) is 4.98 Å². The molecule has 4 aromatic rings. The predicted molar refractivity (Wildman–Crippen MR) is 132 cm³/mol. The Morgan fingerprint density at radius 2 is 1.91 bits per heavy atom. The van der Waals surface area contributed by atoms with Gasteiger partial charge in [-0.2, -0.15) is 0 Å². The Morgan fingerprint density at radius 1 is 1.09 bits per heavy atom. The van der Waals surface area contributed by atoms with Gasteiger partial charge in [-0.15, -0.1) is 0 Å². The van der Waals surface area contributed by atoms with Crippen molar-refractivity contribution < 1.29 is 14.6 Å². The van der Waals surface area contributed by atoms with Crippen LogP contribution in [0.3, 0.4) is 0 Å². The van der Waals surface area contributed by atoms with Crippen molar-refractivity contribution in [1.82, 2.24) is 9.97 Å². The number of benzene rings is 2. The van der Waals surface area contributed by atoms with E-state index in [9.17, 15) is 9.90 Å². The van der Waals surface area contributed by atoms with Crippen LogP contribution in [0.25, 0.3) is 21.8 Å². The molecule has 1 unspecified atom stereocenters. The van der Waals surface area contributed by atoms with Gasteiger partial charge in [-0.05, 0) is 79.1 Å². The maximum atomic E-state index is 11.4. The van der Waals surface area contributed by atoms with Crippen molar-refractivity contribution in [2.24, 2.45) is 5.92 Å². The molecule has 0 saturated carbocycles. The number of nitrogens with two attached hydrogens (primary N) is 1. The minimum absolute atomic E-state index is 0.387. The number of anilines is 1. The number of hydrogen-bond acceptors (Lipinski definition) is 5. The van der Waals surface area contributed by atoms with E-state index in [0.29, 0.717) is 24.2 Å². The number of carbonyl (C=O) groups is 1. The van der Waals surface area contributed by atoms with E-state index in [2.05, 4.69) is 35.1 Å². The molecule has 0 saturated heterocycles. The first-order valence-electron chi connectivity index (χ1n) is 11.2. The van der Waals surface area contributed by atoms with Gasteiger partial charge < -0.3 is 15.6 Å². The molecule has 6 heteroatoms. The van der Waals surface area contributed by atoms with Gasteiger partial charge in [0.1, 0.15) is 11.3 Å². The number of nitrogens with zero attached hydrogens (tertiary/aromatic N) is 2. The number of nitrogen functional groups attached to an aromatic ring is 1. The van der Waals surface area contributed by atoms with Crippen molar-refractivity contribution in [1.29, 1.82) is 0 Å². The Bertz CT molecular complexity index is 1330. The summed E-state index contributed by atoms with van der Waals surface area (Å²) in [5.74, 6) is 0.0722. The highest BCUT2D eigenvalue weighted by Crippen LogP contribution is 2.29. The number of rotatable bonds is 8. The third-order valence-corrected chi connectivity index (χ3v) is 6.34. The number of pyridine rings is 2. The van der Waals surface area contributed by atoms with Crippen molar-refractivity contribution in [3.63, 3.8) is 0 Å². The maximum Gasteiger partial charge on any atom is 0.306 e. The molecule has 0 radical (unpaired) electrons. The van der Waals surface area contributed by atoms with Gasteiger partial charge in [0.25, 0.3) is 0 Å². The van der Waals surface area contributed by atoms with Crippen LogP contribution in [0.2, 0.25) is 0 Å². The topological polar surface area (TPSA) is 98.3 Å². The molecule has 0 aliphatic heterocycles. The standard InChI is InChI=1S/C27H29N3O3/c1-4-19(27(31)32)12-17-6-10-22-23-13-18(15-29-25(23)26(28)30-24(22)14-17)5-7-20-8-9-21(33-3)11-16(20)2/h6,8-11,13-15,19H,4-5,7,12H2,1-3H3,(H2,28,30)(H,31,32). The number of aryl methyl sites for hydroxylation is 3. The number of methoxy groups -OCH3 is 1. The minimum atomic E-state index is -0.774. The molecule has 1 atom stereocenters. The molecule has 0 aliphatic rings. The molecule has 33 heavy (non-hydrogen) atoms. The van der Waals surface area contributed by atoms with Gasteiger partial charge in [0.2, 0.25) is 0 Å². The van der Waals surface area contributed by atoms with E-state index in [1.54, 1.807) is 7.11 Å². The quantitative estimate of drug-likeness (QED) is 0.367. The Kier molecular flexibility index (Phi) is 6.45.